The van der Waals surface area contributed by atoms with E-state index in [9.17, 15) is 0 Å². The van der Waals surface area contributed by atoms with Crippen molar-refractivity contribution >= 4 is 5.82 Å². The van der Waals surface area contributed by atoms with Crippen molar-refractivity contribution < 1.29 is 0 Å². The number of nitrogens with zero attached hydrogens (tertiary/aromatic N) is 5. The van der Waals surface area contributed by atoms with E-state index in [2.05, 4.69) is 39.1 Å². The van der Waals surface area contributed by atoms with Crippen LogP contribution in [0.4, 0.5) is 5.82 Å². The molecule has 3 aromatic rings. The third-order valence-electron chi connectivity index (χ3n) is 4.66. The van der Waals surface area contributed by atoms with Gasteiger partial charge in [-0.1, -0.05) is 12.1 Å². The Morgan fingerprint density at radius 1 is 1.12 bits per heavy atom. The lowest BCUT2D eigenvalue weighted by atomic mass is 9.94. The van der Waals surface area contributed by atoms with E-state index in [4.69, 9.17) is 4.98 Å². The zero-order chi connectivity index (χ0) is 16.4. The summed E-state index contributed by atoms with van der Waals surface area (Å²) in [6, 6.07) is 12.4. The van der Waals surface area contributed by atoms with Gasteiger partial charge in [-0.05, 0) is 37.1 Å². The molecule has 0 radical (unpaired) electrons. The van der Waals surface area contributed by atoms with E-state index >= 15 is 0 Å². The summed E-state index contributed by atoms with van der Waals surface area (Å²) in [7, 11) is 2.00. The Labute approximate surface area is 142 Å². The summed E-state index contributed by atoms with van der Waals surface area (Å²) in [4.78, 5) is 16.0. The zero-order valence-corrected chi connectivity index (χ0v) is 13.8. The molecule has 0 aliphatic carbocycles. The van der Waals surface area contributed by atoms with Crippen molar-refractivity contribution in [1.29, 1.82) is 0 Å². The normalized spacial score (nSPS) is 17.9. The molecule has 24 heavy (non-hydrogen) atoms. The van der Waals surface area contributed by atoms with Gasteiger partial charge in [-0.15, -0.1) is 0 Å². The molecule has 0 N–H and O–H groups in total. The summed E-state index contributed by atoms with van der Waals surface area (Å²) in [5.41, 5.74) is 3.20. The first kappa shape index (κ1) is 14.9. The lowest BCUT2D eigenvalue weighted by Crippen LogP contribution is -2.35. The molecule has 0 amide bonds. The van der Waals surface area contributed by atoms with Crippen LogP contribution >= 0.6 is 0 Å². The monoisotopic (exact) mass is 319 g/mol. The zero-order valence-electron chi connectivity index (χ0n) is 13.8. The maximum atomic E-state index is 4.92. The third-order valence-corrected chi connectivity index (χ3v) is 4.66. The van der Waals surface area contributed by atoms with E-state index < -0.39 is 0 Å². The number of rotatable bonds is 3. The molecule has 4 rings (SSSR count). The van der Waals surface area contributed by atoms with Gasteiger partial charge in [0.25, 0.3) is 0 Å². The van der Waals surface area contributed by atoms with Crippen molar-refractivity contribution in [3.63, 3.8) is 0 Å². The van der Waals surface area contributed by atoms with Gasteiger partial charge < -0.3 is 9.47 Å². The quantitative estimate of drug-likeness (QED) is 0.743. The van der Waals surface area contributed by atoms with Crippen molar-refractivity contribution in [1.82, 2.24) is 19.5 Å². The molecule has 5 heteroatoms. The fourth-order valence-corrected chi connectivity index (χ4v) is 3.39. The van der Waals surface area contributed by atoms with Gasteiger partial charge in [0, 0.05) is 37.9 Å². The highest BCUT2D eigenvalue weighted by atomic mass is 15.2. The molecule has 4 heterocycles. The molecule has 0 spiro atoms. The molecule has 1 atom stereocenters. The minimum Gasteiger partial charge on any atom is -0.356 e. The Balaban J connectivity index is 1.58. The molecule has 0 aromatic carbocycles. The summed E-state index contributed by atoms with van der Waals surface area (Å²) in [5.74, 6) is 1.50. The van der Waals surface area contributed by atoms with Crippen LogP contribution in [0.1, 0.15) is 24.5 Å². The molecule has 5 nitrogen and oxygen atoms in total. The maximum Gasteiger partial charge on any atom is 0.128 e. The van der Waals surface area contributed by atoms with Gasteiger partial charge in [-0.25, -0.2) is 9.97 Å². The van der Waals surface area contributed by atoms with Gasteiger partial charge in [0.2, 0.25) is 0 Å². The number of anilines is 1. The van der Waals surface area contributed by atoms with E-state index in [0.29, 0.717) is 5.92 Å². The first-order valence-electron chi connectivity index (χ1n) is 8.41. The number of hydrogen-bond donors (Lipinski definition) is 0. The average Bonchev–Trinajstić information content (AvgIpc) is 3.09. The molecular weight excluding hydrogens is 298 g/mol. The molecule has 0 unspecified atom stereocenters. The van der Waals surface area contributed by atoms with E-state index in [1.807, 2.05) is 42.5 Å². The van der Waals surface area contributed by atoms with E-state index in [0.717, 1.165) is 36.0 Å². The fourth-order valence-electron chi connectivity index (χ4n) is 3.39. The molecule has 1 aliphatic rings. The molecule has 0 bridgehead atoms. The summed E-state index contributed by atoms with van der Waals surface area (Å²) >= 11 is 0. The predicted octanol–water partition coefficient (Wildman–Crippen LogP) is 3.26. The fraction of sp³-hybridized carbons (Fsp3) is 0.316. The molecular formula is C19H21N5. The van der Waals surface area contributed by atoms with Crippen LogP contribution in [0.5, 0.6) is 0 Å². The Morgan fingerprint density at radius 2 is 2.08 bits per heavy atom. The van der Waals surface area contributed by atoms with Gasteiger partial charge in [0.05, 0.1) is 23.9 Å². The second kappa shape index (κ2) is 6.43. The Bertz CT molecular complexity index is 811. The first-order chi connectivity index (χ1) is 11.8. The van der Waals surface area contributed by atoms with Gasteiger partial charge in [-0.2, -0.15) is 0 Å². The molecule has 1 saturated heterocycles. The highest BCUT2D eigenvalue weighted by Crippen LogP contribution is 2.29. The Morgan fingerprint density at radius 3 is 2.88 bits per heavy atom. The number of imidazole rings is 1. The van der Waals surface area contributed by atoms with E-state index in [-0.39, 0.29) is 0 Å². The van der Waals surface area contributed by atoms with Gasteiger partial charge in [0.15, 0.2) is 0 Å². The second-order valence-corrected chi connectivity index (χ2v) is 6.31. The highest BCUT2D eigenvalue weighted by Gasteiger charge is 2.23. The van der Waals surface area contributed by atoms with Crippen LogP contribution in [0, 0.1) is 0 Å². The number of aryl methyl sites for hydroxylation is 1. The minimum absolute atomic E-state index is 0.439. The summed E-state index contributed by atoms with van der Waals surface area (Å²) in [6.45, 7) is 2.04. The largest absolute Gasteiger partial charge is 0.356 e. The second-order valence-electron chi connectivity index (χ2n) is 6.31. The average molecular weight is 319 g/mol. The summed E-state index contributed by atoms with van der Waals surface area (Å²) < 4.78 is 2.01. The first-order valence-corrected chi connectivity index (χ1v) is 8.41. The van der Waals surface area contributed by atoms with Crippen molar-refractivity contribution in [2.45, 2.75) is 18.8 Å². The number of aromatic nitrogens is 4. The smallest absolute Gasteiger partial charge is 0.128 e. The van der Waals surface area contributed by atoms with Crippen LogP contribution in [0.25, 0.3) is 11.4 Å². The number of pyridine rings is 2. The maximum absolute atomic E-state index is 4.92. The topological polar surface area (TPSA) is 46.8 Å². The van der Waals surface area contributed by atoms with E-state index in [1.54, 1.807) is 0 Å². The molecule has 1 fully saturated rings. The molecule has 122 valence electrons. The van der Waals surface area contributed by atoms with Crippen molar-refractivity contribution in [2.24, 2.45) is 7.05 Å². The summed E-state index contributed by atoms with van der Waals surface area (Å²) in [6.07, 6.45) is 7.88. The standard InChI is InChI=1S/C19H21N5/c1-23-14-20-12-18(23)17-8-4-7-16(22-17)15-6-5-11-24(13-15)19-9-2-3-10-21-19/h2-4,7-10,12,14-15H,5-6,11,13H2,1H3/t15-/m0/s1. The van der Waals surface area contributed by atoms with E-state index in [1.165, 1.54) is 12.8 Å². The Hall–Kier alpha value is -2.69. The van der Waals surface area contributed by atoms with Crippen LogP contribution in [-0.4, -0.2) is 32.6 Å². The van der Waals surface area contributed by atoms with Gasteiger partial charge >= 0.3 is 0 Å². The predicted molar refractivity (Wildman–Crippen MR) is 94.9 cm³/mol. The lowest BCUT2D eigenvalue weighted by Gasteiger charge is -2.33. The molecule has 0 saturated carbocycles. The third kappa shape index (κ3) is 2.89. The SMILES string of the molecule is Cn1cncc1-c1cccc([C@H]2CCCN(c3ccccn3)C2)n1. The van der Waals surface area contributed by atoms with Gasteiger partial charge in [0.1, 0.15) is 5.82 Å². The number of hydrogen-bond acceptors (Lipinski definition) is 4. The van der Waals surface area contributed by atoms with Crippen molar-refractivity contribution in [2.75, 3.05) is 18.0 Å². The lowest BCUT2D eigenvalue weighted by molar-refractivity contribution is 0.499. The van der Waals surface area contributed by atoms with Crippen LogP contribution in [0.3, 0.4) is 0 Å². The minimum atomic E-state index is 0.439. The number of piperidine rings is 1. The van der Waals surface area contributed by atoms with Crippen LogP contribution < -0.4 is 4.90 Å². The van der Waals surface area contributed by atoms with Crippen LogP contribution in [0.2, 0.25) is 0 Å². The molecule has 1 aliphatic heterocycles. The highest BCUT2D eigenvalue weighted by molar-refractivity contribution is 5.54. The Kier molecular flexibility index (Phi) is 3.99. The van der Waals surface area contributed by atoms with Crippen LogP contribution in [-0.2, 0) is 7.05 Å². The van der Waals surface area contributed by atoms with Crippen molar-refractivity contribution in [3.05, 3.63) is 60.8 Å². The molecule has 3 aromatic heterocycles. The van der Waals surface area contributed by atoms with Gasteiger partial charge in [-0.3, -0.25) is 4.98 Å². The van der Waals surface area contributed by atoms with Crippen LogP contribution in [0.15, 0.2) is 55.1 Å². The van der Waals surface area contributed by atoms with Crippen molar-refractivity contribution in [3.8, 4) is 11.4 Å². The summed E-state index contributed by atoms with van der Waals surface area (Å²) in [5, 5.41) is 0.